The van der Waals surface area contributed by atoms with E-state index in [1.54, 1.807) is 17.0 Å². The largest absolute Gasteiger partial charge is 0.338 e. The molecule has 1 aromatic rings. The lowest BCUT2D eigenvalue weighted by atomic mass is 10.0. The molecule has 0 spiro atoms. The predicted molar refractivity (Wildman–Crippen MR) is 51.8 cm³/mol. The maximum atomic E-state index is 12.1. The summed E-state index contributed by atoms with van der Waals surface area (Å²) < 4.78 is 12.1. The third-order valence-electron chi connectivity index (χ3n) is 2.48. The van der Waals surface area contributed by atoms with Crippen LogP contribution in [-0.2, 0) is 0 Å². The first-order valence-electron chi connectivity index (χ1n) is 4.71. The number of amides is 1. The maximum Gasteiger partial charge on any atom is 0.253 e. The molecule has 2 nitrogen and oxygen atoms in total. The number of likely N-dealkylation sites (tertiary alicyclic amines) is 1. The number of halogens is 1. The Morgan fingerprint density at radius 3 is 2.57 bits per heavy atom. The fourth-order valence-corrected chi connectivity index (χ4v) is 1.60. The van der Waals surface area contributed by atoms with E-state index in [1.807, 2.05) is 18.2 Å². The van der Waals surface area contributed by atoms with Gasteiger partial charge in [-0.15, -0.1) is 0 Å². The molecule has 0 radical (unpaired) electrons. The Labute approximate surface area is 82.3 Å². The minimum atomic E-state index is -0.321. The number of alkyl halides is 1. The Balaban J connectivity index is 1.98. The Morgan fingerprint density at radius 2 is 2.00 bits per heavy atom. The van der Waals surface area contributed by atoms with Crippen molar-refractivity contribution in [1.82, 2.24) is 4.90 Å². The number of hydrogen-bond donors (Lipinski definition) is 0. The molecule has 3 heteroatoms. The second-order valence-corrected chi connectivity index (χ2v) is 3.60. The number of benzene rings is 1. The third kappa shape index (κ3) is 1.62. The van der Waals surface area contributed by atoms with Gasteiger partial charge in [-0.2, -0.15) is 0 Å². The number of hydrogen-bond acceptors (Lipinski definition) is 1. The summed E-state index contributed by atoms with van der Waals surface area (Å²) in [5.41, 5.74) is 0.685. The summed E-state index contributed by atoms with van der Waals surface area (Å²) in [5.74, 6) is 0.0676. The van der Waals surface area contributed by atoms with Crippen LogP contribution in [0.25, 0.3) is 0 Å². The smallest absolute Gasteiger partial charge is 0.253 e. The monoisotopic (exact) mass is 193 g/mol. The fourth-order valence-electron chi connectivity index (χ4n) is 1.60. The molecule has 0 aromatic heterocycles. The second kappa shape index (κ2) is 3.78. The van der Waals surface area contributed by atoms with Crippen LogP contribution >= 0.6 is 0 Å². The summed E-state index contributed by atoms with van der Waals surface area (Å²) in [5, 5.41) is 0. The summed E-state index contributed by atoms with van der Waals surface area (Å²) in [7, 11) is 0. The molecule has 1 aliphatic heterocycles. The normalized spacial score (nSPS) is 16.5. The highest BCUT2D eigenvalue weighted by molar-refractivity contribution is 5.94. The van der Waals surface area contributed by atoms with Crippen molar-refractivity contribution in [1.29, 1.82) is 0 Å². The molecule has 1 aromatic carbocycles. The maximum absolute atomic E-state index is 12.1. The van der Waals surface area contributed by atoms with Crippen LogP contribution < -0.4 is 0 Å². The molecular weight excluding hydrogens is 181 g/mol. The number of rotatable bonds is 2. The van der Waals surface area contributed by atoms with Gasteiger partial charge in [0.25, 0.3) is 5.91 Å². The van der Waals surface area contributed by atoms with Crippen LogP contribution in [0.2, 0.25) is 0 Å². The van der Waals surface area contributed by atoms with E-state index in [0.29, 0.717) is 18.7 Å². The minimum Gasteiger partial charge on any atom is -0.338 e. The summed E-state index contributed by atoms with van der Waals surface area (Å²) in [6, 6.07) is 9.10. The molecule has 1 aliphatic rings. The van der Waals surface area contributed by atoms with Gasteiger partial charge in [-0.25, -0.2) is 0 Å². The summed E-state index contributed by atoms with van der Waals surface area (Å²) in [6.45, 7) is 0.799. The predicted octanol–water partition coefficient (Wildman–Crippen LogP) is 1.73. The van der Waals surface area contributed by atoms with E-state index >= 15 is 0 Å². The van der Waals surface area contributed by atoms with Gasteiger partial charge in [0.15, 0.2) is 0 Å². The van der Waals surface area contributed by atoms with Crippen molar-refractivity contribution in [2.75, 3.05) is 19.8 Å². The van der Waals surface area contributed by atoms with Crippen molar-refractivity contribution in [2.24, 2.45) is 5.92 Å². The topological polar surface area (TPSA) is 20.3 Å². The van der Waals surface area contributed by atoms with E-state index in [2.05, 4.69) is 0 Å². The van der Waals surface area contributed by atoms with Crippen LogP contribution in [0, 0.1) is 5.92 Å². The van der Waals surface area contributed by atoms with Crippen LogP contribution in [0.15, 0.2) is 30.3 Å². The van der Waals surface area contributed by atoms with Crippen molar-refractivity contribution in [3.05, 3.63) is 35.9 Å². The van der Waals surface area contributed by atoms with Gasteiger partial charge >= 0.3 is 0 Å². The number of carbonyl (C=O) groups is 1. The molecule has 0 unspecified atom stereocenters. The quantitative estimate of drug-likeness (QED) is 0.700. The third-order valence-corrected chi connectivity index (χ3v) is 2.48. The Kier molecular flexibility index (Phi) is 2.48. The average molecular weight is 193 g/mol. The molecule has 0 aliphatic carbocycles. The van der Waals surface area contributed by atoms with Crippen molar-refractivity contribution < 1.29 is 9.18 Å². The van der Waals surface area contributed by atoms with Crippen molar-refractivity contribution in [2.45, 2.75) is 0 Å². The lowest BCUT2D eigenvalue weighted by molar-refractivity contribution is 0.0453. The SMILES string of the molecule is O=C(c1ccccc1)N1CC(CF)C1. The van der Waals surface area contributed by atoms with E-state index in [1.165, 1.54) is 0 Å². The van der Waals surface area contributed by atoms with Crippen LogP contribution in [0.1, 0.15) is 10.4 Å². The molecule has 1 heterocycles. The molecule has 0 saturated carbocycles. The number of nitrogens with zero attached hydrogens (tertiary/aromatic N) is 1. The van der Waals surface area contributed by atoms with Gasteiger partial charge in [0.05, 0.1) is 6.67 Å². The van der Waals surface area contributed by atoms with Crippen LogP contribution in [0.5, 0.6) is 0 Å². The highest BCUT2D eigenvalue weighted by Gasteiger charge is 2.30. The van der Waals surface area contributed by atoms with Crippen LogP contribution in [0.3, 0.4) is 0 Å². The minimum absolute atomic E-state index is 0.00954. The average Bonchev–Trinajstić information content (AvgIpc) is 2.17. The fraction of sp³-hybridized carbons (Fsp3) is 0.364. The molecule has 0 N–H and O–H groups in total. The van der Waals surface area contributed by atoms with Crippen molar-refractivity contribution >= 4 is 5.91 Å². The first kappa shape index (κ1) is 9.19. The first-order valence-corrected chi connectivity index (χ1v) is 4.71. The summed E-state index contributed by atoms with van der Waals surface area (Å²) in [6.07, 6.45) is 0. The van der Waals surface area contributed by atoms with Gasteiger partial charge in [0.1, 0.15) is 0 Å². The van der Waals surface area contributed by atoms with E-state index in [-0.39, 0.29) is 18.5 Å². The van der Waals surface area contributed by atoms with Crippen molar-refractivity contribution in [3.63, 3.8) is 0 Å². The summed E-state index contributed by atoms with van der Waals surface area (Å²) >= 11 is 0. The molecule has 74 valence electrons. The van der Waals surface area contributed by atoms with E-state index in [9.17, 15) is 9.18 Å². The highest BCUT2D eigenvalue weighted by atomic mass is 19.1. The molecule has 2 rings (SSSR count). The zero-order valence-electron chi connectivity index (χ0n) is 7.82. The van der Waals surface area contributed by atoms with Gasteiger partial charge < -0.3 is 4.90 Å². The molecule has 1 fully saturated rings. The van der Waals surface area contributed by atoms with E-state index in [4.69, 9.17) is 0 Å². The first-order chi connectivity index (χ1) is 6.81. The van der Waals surface area contributed by atoms with Gasteiger partial charge in [-0.3, -0.25) is 9.18 Å². The molecule has 0 bridgehead atoms. The Morgan fingerprint density at radius 1 is 1.36 bits per heavy atom. The highest BCUT2D eigenvalue weighted by Crippen LogP contribution is 2.18. The van der Waals surface area contributed by atoms with E-state index in [0.717, 1.165) is 0 Å². The Hall–Kier alpha value is -1.38. The molecular formula is C11H12FNO. The van der Waals surface area contributed by atoms with Crippen molar-refractivity contribution in [3.8, 4) is 0 Å². The second-order valence-electron chi connectivity index (χ2n) is 3.60. The number of carbonyl (C=O) groups excluding carboxylic acids is 1. The molecule has 14 heavy (non-hydrogen) atoms. The molecule has 1 amide bonds. The van der Waals surface area contributed by atoms with Gasteiger partial charge in [-0.1, -0.05) is 18.2 Å². The molecule has 1 saturated heterocycles. The van der Waals surface area contributed by atoms with Crippen LogP contribution in [0.4, 0.5) is 4.39 Å². The summed E-state index contributed by atoms with van der Waals surface area (Å²) in [4.78, 5) is 13.4. The van der Waals surface area contributed by atoms with Gasteiger partial charge in [0.2, 0.25) is 0 Å². The standard InChI is InChI=1S/C11H12FNO/c12-6-9-7-13(8-9)11(14)10-4-2-1-3-5-10/h1-5,9H,6-8H2. The lowest BCUT2D eigenvalue weighted by Gasteiger charge is -2.37. The zero-order valence-corrected chi connectivity index (χ0v) is 7.82. The Bertz CT molecular complexity index is 319. The van der Waals surface area contributed by atoms with Gasteiger partial charge in [-0.05, 0) is 12.1 Å². The zero-order chi connectivity index (χ0) is 9.97. The van der Waals surface area contributed by atoms with E-state index < -0.39 is 0 Å². The molecule has 0 atom stereocenters. The lowest BCUT2D eigenvalue weighted by Crippen LogP contribution is -2.50. The van der Waals surface area contributed by atoms with Crippen LogP contribution in [-0.4, -0.2) is 30.6 Å². The van der Waals surface area contributed by atoms with Gasteiger partial charge in [0, 0.05) is 24.6 Å².